The first-order valence-electron chi connectivity index (χ1n) is 5.75. The van der Waals surface area contributed by atoms with Crippen LogP contribution in [-0.2, 0) is 0 Å². The Hall–Kier alpha value is -2.76. The van der Waals surface area contributed by atoms with Crippen molar-refractivity contribution in [2.24, 2.45) is 0 Å². The van der Waals surface area contributed by atoms with Crippen LogP contribution in [0.2, 0.25) is 0 Å². The predicted molar refractivity (Wildman–Crippen MR) is 72.6 cm³/mol. The van der Waals surface area contributed by atoms with Crippen molar-refractivity contribution in [2.75, 3.05) is 14.2 Å². The first kappa shape index (κ1) is 13.7. The lowest BCUT2D eigenvalue weighted by atomic mass is 10.0. The largest absolute Gasteiger partial charge is 0.497 e. The molecule has 1 heterocycles. The Morgan fingerprint density at radius 2 is 1.90 bits per heavy atom. The van der Waals surface area contributed by atoms with Crippen LogP contribution < -0.4 is 15.0 Å². The van der Waals surface area contributed by atoms with Crippen molar-refractivity contribution in [3.05, 3.63) is 46.4 Å². The van der Waals surface area contributed by atoms with E-state index in [1.54, 1.807) is 18.2 Å². The number of ether oxygens (including phenoxy) is 2. The van der Waals surface area contributed by atoms with E-state index < -0.39 is 11.5 Å². The number of carboxylic acid groups (broad SMARTS) is 1. The highest BCUT2D eigenvalue weighted by molar-refractivity contribution is 5.96. The standard InChI is InChI=1S/C14H13NO5/c1-19-8-3-4-12(20-2)9(5-8)11-7-15-13(16)6-10(11)14(17)18/h3-7H,1-2H3,(H,15,16)(H,17,18). The second-order valence-corrected chi connectivity index (χ2v) is 4.00. The van der Waals surface area contributed by atoms with Crippen LogP contribution in [0.3, 0.4) is 0 Å². The van der Waals surface area contributed by atoms with Crippen LogP contribution in [0, 0.1) is 0 Å². The van der Waals surface area contributed by atoms with Crippen LogP contribution in [0.4, 0.5) is 0 Å². The van der Waals surface area contributed by atoms with Crippen molar-refractivity contribution in [3.8, 4) is 22.6 Å². The third-order valence-electron chi connectivity index (χ3n) is 2.85. The van der Waals surface area contributed by atoms with Gasteiger partial charge in [0.1, 0.15) is 11.5 Å². The van der Waals surface area contributed by atoms with E-state index in [2.05, 4.69) is 4.98 Å². The second-order valence-electron chi connectivity index (χ2n) is 4.00. The van der Waals surface area contributed by atoms with Gasteiger partial charge in [-0.15, -0.1) is 0 Å². The number of pyridine rings is 1. The number of H-pyrrole nitrogens is 1. The third kappa shape index (κ3) is 2.49. The Morgan fingerprint density at radius 3 is 2.50 bits per heavy atom. The summed E-state index contributed by atoms with van der Waals surface area (Å²) >= 11 is 0. The number of benzene rings is 1. The molecule has 2 aromatic rings. The Labute approximate surface area is 114 Å². The molecule has 0 atom stereocenters. The Morgan fingerprint density at radius 1 is 1.15 bits per heavy atom. The number of rotatable bonds is 4. The maximum atomic E-state index is 11.3. The molecular formula is C14H13NO5. The number of hydrogen-bond acceptors (Lipinski definition) is 4. The number of nitrogens with one attached hydrogen (secondary N) is 1. The zero-order valence-corrected chi connectivity index (χ0v) is 11.0. The highest BCUT2D eigenvalue weighted by atomic mass is 16.5. The topological polar surface area (TPSA) is 88.6 Å². The summed E-state index contributed by atoms with van der Waals surface area (Å²) in [7, 11) is 2.99. The van der Waals surface area contributed by atoms with E-state index in [4.69, 9.17) is 9.47 Å². The van der Waals surface area contributed by atoms with Gasteiger partial charge in [-0.2, -0.15) is 0 Å². The molecule has 0 fully saturated rings. The molecular weight excluding hydrogens is 262 g/mol. The van der Waals surface area contributed by atoms with E-state index in [0.29, 0.717) is 22.6 Å². The maximum absolute atomic E-state index is 11.3. The molecule has 104 valence electrons. The normalized spacial score (nSPS) is 10.1. The molecule has 6 heteroatoms. The number of carboxylic acids is 1. The lowest BCUT2D eigenvalue weighted by Gasteiger charge is -2.12. The van der Waals surface area contributed by atoms with Crippen molar-refractivity contribution < 1.29 is 19.4 Å². The van der Waals surface area contributed by atoms with Gasteiger partial charge >= 0.3 is 5.97 Å². The monoisotopic (exact) mass is 275 g/mol. The highest BCUT2D eigenvalue weighted by Gasteiger charge is 2.16. The molecule has 20 heavy (non-hydrogen) atoms. The fourth-order valence-electron chi connectivity index (χ4n) is 1.90. The summed E-state index contributed by atoms with van der Waals surface area (Å²) in [6, 6.07) is 6.06. The first-order valence-corrected chi connectivity index (χ1v) is 5.75. The zero-order valence-electron chi connectivity index (χ0n) is 11.0. The summed E-state index contributed by atoms with van der Waals surface area (Å²) < 4.78 is 10.3. The fraction of sp³-hybridized carbons (Fsp3) is 0.143. The molecule has 1 aromatic heterocycles. The summed E-state index contributed by atoms with van der Waals surface area (Å²) in [4.78, 5) is 25.0. The molecule has 0 unspecified atom stereocenters. The Kier molecular flexibility index (Phi) is 3.74. The van der Waals surface area contributed by atoms with Crippen molar-refractivity contribution in [3.63, 3.8) is 0 Å². The van der Waals surface area contributed by atoms with Crippen molar-refractivity contribution >= 4 is 5.97 Å². The zero-order chi connectivity index (χ0) is 14.7. The molecule has 0 bridgehead atoms. The van der Waals surface area contributed by atoms with Gasteiger partial charge in [-0.3, -0.25) is 4.79 Å². The van der Waals surface area contributed by atoms with E-state index in [-0.39, 0.29) is 5.56 Å². The van der Waals surface area contributed by atoms with Crippen molar-refractivity contribution in [1.82, 2.24) is 4.98 Å². The van der Waals surface area contributed by atoms with E-state index >= 15 is 0 Å². The number of aromatic nitrogens is 1. The van der Waals surface area contributed by atoms with E-state index in [9.17, 15) is 14.7 Å². The smallest absolute Gasteiger partial charge is 0.336 e. The van der Waals surface area contributed by atoms with Crippen LogP contribution in [0.1, 0.15) is 10.4 Å². The number of hydrogen-bond donors (Lipinski definition) is 2. The molecule has 0 aliphatic rings. The van der Waals surface area contributed by atoms with Crippen LogP contribution in [-0.4, -0.2) is 30.3 Å². The average Bonchev–Trinajstić information content (AvgIpc) is 2.46. The van der Waals surface area contributed by atoms with Crippen LogP contribution in [0.15, 0.2) is 35.3 Å². The van der Waals surface area contributed by atoms with Crippen molar-refractivity contribution in [2.45, 2.75) is 0 Å². The van der Waals surface area contributed by atoms with Gasteiger partial charge in [-0.05, 0) is 18.2 Å². The highest BCUT2D eigenvalue weighted by Crippen LogP contribution is 2.34. The molecule has 6 nitrogen and oxygen atoms in total. The van der Waals surface area contributed by atoms with Gasteiger partial charge in [0.15, 0.2) is 0 Å². The van der Waals surface area contributed by atoms with Crippen LogP contribution >= 0.6 is 0 Å². The molecule has 0 radical (unpaired) electrons. The molecule has 1 aromatic carbocycles. The number of aromatic carboxylic acids is 1. The molecule has 2 N–H and O–H groups in total. The fourth-order valence-corrected chi connectivity index (χ4v) is 1.90. The van der Waals surface area contributed by atoms with Gasteiger partial charge in [-0.1, -0.05) is 0 Å². The molecule has 0 amide bonds. The summed E-state index contributed by atoms with van der Waals surface area (Å²) in [5, 5.41) is 9.22. The second kappa shape index (κ2) is 5.48. The lowest BCUT2D eigenvalue weighted by molar-refractivity contribution is 0.0697. The van der Waals surface area contributed by atoms with E-state index in [1.165, 1.54) is 20.4 Å². The third-order valence-corrected chi connectivity index (χ3v) is 2.85. The van der Waals surface area contributed by atoms with E-state index in [0.717, 1.165) is 6.07 Å². The van der Waals surface area contributed by atoms with Gasteiger partial charge in [-0.25, -0.2) is 4.79 Å². The first-order chi connectivity index (χ1) is 9.56. The summed E-state index contributed by atoms with van der Waals surface area (Å²) in [5.41, 5.74) is 0.307. The number of carbonyl (C=O) groups is 1. The molecule has 0 saturated carbocycles. The van der Waals surface area contributed by atoms with Gasteiger partial charge in [0.25, 0.3) is 0 Å². The molecule has 0 saturated heterocycles. The van der Waals surface area contributed by atoms with Crippen LogP contribution in [0.5, 0.6) is 11.5 Å². The summed E-state index contributed by atoms with van der Waals surface area (Å²) in [6.45, 7) is 0. The minimum absolute atomic E-state index is 0.0969. The van der Waals surface area contributed by atoms with E-state index in [1.807, 2.05) is 0 Å². The van der Waals surface area contributed by atoms with Gasteiger partial charge in [0.05, 0.1) is 19.8 Å². The molecule has 0 spiro atoms. The number of methoxy groups -OCH3 is 2. The Bertz CT molecular complexity index is 705. The molecule has 0 aliphatic heterocycles. The summed E-state index contributed by atoms with van der Waals surface area (Å²) in [6.07, 6.45) is 1.35. The molecule has 2 rings (SSSR count). The number of aromatic amines is 1. The SMILES string of the molecule is COc1ccc(OC)c(-c2c[nH]c(=O)cc2C(=O)O)c1. The average molecular weight is 275 g/mol. The minimum Gasteiger partial charge on any atom is -0.497 e. The van der Waals surface area contributed by atoms with Gasteiger partial charge < -0.3 is 19.6 Å². The van der Waals surface area contributed by atoms with Crippen molar-refractivity contribution in [1.29, 1.82) is 0 Å². The molecule has 0 aliphatic carbocycles. The lowest BCUT2D eigenvalue weighted by Crippen LogP contribution is -2.10. The minimum atomic E-state index is -1.18. The summed E-state index contributed by atoms with van der Waals surface area (Å²) in [5.74, 6) is -0.139. The van der Waals surface area contributed by atoms with Gasteiger partial charge in [0.2, 0.25) is 5.56 Å². The van der Waals surface area contributed by atoms with Crippen LogP contribution in [0.25, 0.3) is 11.1 Å². The maximum Gasteiger partial charge on any atom is 0.336 e. The Balaban J connectivity index is 2.73. The van der Waals surface area contributed by atoms with Gasteiger partial charge in [0, 0.05) is 23.4 Å². The quantitative estimate of drug-likeness (QED) is 0.887. The predicted octanol–water partition coefficient (Wildman–Crippen LogP) is 1.76.